The fourth-order valence-electron chi connectivity index (χ4n) is 6.30. The van der Waals surface area contributed by atoms with Crippen LogP contribution in [0.4, 0.5) is 0 Å². The summed E-state index contributed by atoms with van der Waals surface area (Å²) in [7, 11) is 0. The number of H-pyrrole nitrogens is 1. The molecule has 0 saturated carbocycles. The number of aromatic amines is 1. The third kappa shape index (κ3) is 6.51. The van der Waals surface area contributed by atoms with E-state index >= 15 is 0 Å². The van der Waals surface area contributed by atoms with Gasteiger partial charge in [0.2, 0.25) is 11.8 Å². The fourth-order valence-corrected chi connectivity index (χ4v) is 8.14. The number of likely N-dealkylation sites (tertiary alicyclic amines) is 1. The fraction of sp³-hybridized carbons (Fsp3) is 0.353. The van der Waals surface area contributed by atoms with Gasteiger partial charge in [0.05, 0.1) is 25.7 Å². The Morgan fingerprint density at radius 1 is 1.07 bits per heavy atom. The van der Waals surface area contributed by atoms with Crippen LogP contribution in [0, 0.1) is 6.92 Å². The lowest BCUT2D eigenvalue weighted by Crippen LogP contribution is -2.48. The van der Waals surface area contributed by atoms with Crippen molar-refractivity contribution in [2.75, 3.05) is 39.4 Å². The monoisotopic (exact) mass is 650 g/mol. The van der Waals surface area contributed by atoms with Gasteiger partial charge in [0.1, 0.15) is 4.75 Å². The summed E-state index contributed by atoms with van der Waals surface area (Å²) in [6.07, 6.45) is 2.81. The van der Waals surface area contributed by atoms with E-state index in [0.29, 0.717) is 23.1 Å². The van der Waals surface area contributed by atoms with E-state index in [2.05, 4.69) is 15.2 Å². The lowest BCUT2D eigenvalue weighted by atomic mass is 9.91. The predicted molar refractivity (Wildman–Crippen MR) is 177 cm³/mol. The van der Waals surface area contributed by atoms with Gasteiger partial charge in [0.25, 0.3) is 0 Å². The molecule has 7 nitrogen and oxygen atoms in total. The number of ether oxygens (including phenoxy) is 1. The molecule has 3 aromatic carbocycles. The number of aryl methyl sites for hydroxylation is 1. The van der Waals surface area contributed by atoms with Crippen molar-refractivity contribution in [3.8, 4) is 0 Å². The van der Waals surface area contributed by atoms with Gasteiger partial charge in [-0.2, -0.15) is 0 Å². The first-order valence-electron chi connectivity index (χ1n) is 15.0. The van der Waals surface area contributed by atoms with Crippen molar-refractivity contribution in [3.05, 3.63) is 99.7 Å². The van der Waals surface area contributed by atoms with Gasteiger partial charge in [-0.05, 0) is 67.4 Å². The molecule has 1 aromatic heterocycles. The minimum atomic E-state index is -1.12. The Bertz CT molecular complexity index is 1640. The number of rotatable bonds is 10. The number of carbonyl (C=O) groups excluding carboxylic acids is 2. The number of hydrogen-bond donors (Lipinski definition) is 2. The van der Waals surface area contributed by atoms with Crippen LogP contribution in [-0.2, 0) is 20.9 Å². The molecule has 2 saturated heterocycles. The molecule has 2 amide bonds. The number of hydrogen-bond acceptors (Lipinski definition) is 5. The molecule has 6 rings (SSSR count). The molecule has 2 aliphatic rings. The topological polar surface area (TPSA) is 77.7 Å². The Balaban J connectivity index is 1.39. The van der Waals surface area contributed by atoms with Crippen LogP contribution in [0.2, 0.25) is 10.0 Å². The first-order chi connectivity index (χ1) is 21.3. The van der Waals surface area contributed by atoms with Crippen molar-refractivity contribution in [3.63, 3.8) is 0 Å². The number of benzene rings is 3. The standard InChI is InChI=1S/C34H36Cl2N4O3S/c1-23-18-25(35)9-8-24(23)22-40-31(41)20-34(44-27-6-3-2-4-7-27,33(42)37-12-5-13-39-14-16-43-17-15-39)32(40)29-21-38-30-19-26(36)10-11-28(29)30/h2-4,6-11,18-19,21,32,38H,5,12-17,20,22H2,1H3,(H,37,42)/t32-,34-/m1/s1. The Kier molecular flexibility index (Phi) is 9.54. The number of aromatic nitrogens is 1. The van der Waals surface area contributed by atoms with Gasteiger partial charge in [-0.25, -0.2) is 0 Å². The van der Waals surface area contributed by atoms with Crippen LogP contribution in [0.1, 0.15) is 35.6 Å². The highest BCUT2D eigenvalue weighted by atomic mass is 35.5. The van der Waals surface area contributed by atoms with E-state index in [1.807, 2.05) is 84.8 Å². The Morgan fingerprint density at radius 2 is 1.82 bits per heavy atom. The van der Waals surface area contributed by atoms with Gasteiger partial charge in [-0.1, -0.05) is 53.5 Å². The Labute approximate surface area is 272 Å². The number of halogens is 2. The molecule has 2 fully saturated rings. The molecule has 2 aliphatic heterocycles. The minimum absolute atomic E-state index is 0.0689. The number of morpholine rings is 1. The molecule has 0 radical (unpaired) electrons. The highest BCUT2D eigenvalue weighted by Gasteiger charge is 2.58. The smallest absolute Gasteiger partial charge is 0.239 e. The normalized spacial score (nSPS) is 20.8. The average Bonchev–Trinajstić information content (AvgIpc) is 3.55. The molecule has 230 valence electrons. The highest BCUT2D eigenvalue weighted by Crippen LogP contribution is 2.54. The van der Waals surface area contributed by atoms with Gasteiger partial charge in [-0.15, -0.1) is 11.8 Å². The molecule has 44 heavy (non-hydrogen) atoms. The van der Waals surface area contributed by atoms with E-state index in [4.69, 9.17) is 27.9 Å². The second-order valence-electron chi connectivity index (χ2n) is 11.5. The third-order valence-corrected chi connectivity index (χ3v) is 10.5. The molecule has 0 unspecified atom stereocenters. The number of thioether (sulfide) groups is 1. The number of carbonyl (C=O) groups is 2. The van der Waals surface area contributed by atoms with Crippen LogP contribution in [0.25, 0.3) is 10.9 Å². The maximum atomic E-state index is 14.6. The summed E-state index contributed by atoms with van der Waals surface area (Å²) < 4.78 is 4.36. The number of amides is 2. The summed E-state index contributed by atoms with van der Waals surface area (Å²) in [4.78, 5) is 37.3. The molecule has 0 spiro atoms. The van der Waals surface area contributed by atoms with Crippen LogP contribution >= 0.6 is 35.0 Å². The zero-order valence-electron chi connectivity index (χ0n) is 24.7. The van der Waals surface area contributed by atoms with Crippen molar-refractivity contribution in [1.29, 1.82) is 0 Å². The van der Waals surface area contributed by atoms with Gasteiger partial charge < -0.3 is 19.9 Å². The quantitative estimate of drug-likeness (QED) is 0.189. The molecular weight excluding hydrogens is 615 g/mol. The van der Waals surface area contributed by atoms with Gasteiger partial charge in [0.15, 0.2) is 0 Å². The van der Waals surface area contributed by atoms with Crippen LogP contribution in [0.5, 0.6) is 0 Å². The molecule has 4 aromatic rings. The van der Waals surface area contributed by atoms with Crippen LogP contribution in [0.3, 0.4) is 0 Å². The second-order valence-corrected chi connectivity index (χ2v) is 13.8. The maximum absolute atomic E-state index is 14.6. The SMILES string of the molecule is Cc1cc(Cl)ccc1CN1C(=O)C[C@](Sc2ccccc2)(C(=O)NCCCN2CCOCC2)[C@H]1c1c[nH]c2cc(Cl)ccc12. The minimum Gasteiger partial charge on any atom is -0.379 e. The van der Waals surface area contributed by atoms with E-state index in [0.717, 1.165) is 71.8 Å². The highest BCUT2D eigenvalue weighted by molar-refractivity contribution is 8.01. The molecule has 0 aliphatic carbocycles. The number of nitrogens with zero attached hydrogens (tertiary/aromatic N) is 2. The summed E-state index contributed by atoms with van der Waals surface area (Å²) in [6, 6.07) is 20.8. The van der Waals surface area contributed by atoms with E-state index in [1.54, 1.807) is 0 Å². The third-order valence-electron chi connectivity index (χ3n) is 8.57. The second kappa shape index (κ2) is 13.5. The van der Waals surface area contributed by atoms with E-state index in [-0.39, 0.29) is 18.2 Å². The molecular formula is C34H36Cl2N4O3S. The Morgan fingerprint density at radius 3 is 2.59 bits per heavy atom. The molecule has 2 atom stereocenters. The van der Waals surface area contributed by atoms with Crippen LogP contribution in [0.15, 0.2) is 77.8 Å². The van der Waals surface area contributed by atoms with Crippen molar-refractivity contribution >= 4 is 57.7 Å². The van der Waals surface area contributed by atoms with Crippen LogP contribution < -0.4 is 5.32 Å². The van der Waals surface area contributed by atoms with E-state index < -0.39 is 10.8 Å². The van der Waals surface area contributed by atoms with Crippen molar-refractivity contribution in [2.45, 2.75) is 42.0 Å². The van der Waals surface area contributed by atoms with Crippen molar-refractivity contribution in [1.82, 2.24) is 20.1 Å². The molecule has 3 heterocycles. The largest absolute Gasteiger partial charge is 0.379 e. The van der Waals surface area contributed by atoms with Gasteiger partial charge in [-0.3, -0.25) is 14.5 Å². The Hall–Kier alpha value is -3.01. The molecule has 2 N–H and O–H groups in total. The molecule has 10 heteroatoms. The number of nitrogens with one attached hydrogen (secondary N) is 2. The van der Waals surface area contributed by atoms with Gasteiger partial charge in [0, 0.05) is 63.8 Å². The van der Waals surface area contributed by atoms with Crippen LogP contribution in [-0.4, -0.2) is 70.7 Å². The number of fused-ring (bicyclic) bond motifs is 1. The first-order valence-corrected chi connectivity index (χ1v) is 16.5. The molecule has 0 bridgehead atoms. The zero-order valence-corrected chi connectivity index (χ0v) is 27.0. The van der Waals surface area contributed by atoms with Crippen molar-refractivity contribution < 1.29 is 14.3 Å². The maximum Gasteiger partial charge on any atom is 0.239 e. The summed E-state index contributed by atoms with van der Waals surface area (Å²) in [5.74, 6) is -0.204. The lowest BCUT2D eigenvalue weighted by Gasteiger charge is -2.36. The summed E-state index contributed by atoms with van der Waals surface area (Å²) in [5, 5.41) is 5.45. The first kappa shape index (κ1) is 31.0. The summed E-state index contributed by atoms with van der Waals surface area (Å²) >= 11 is 14.1. The van der Waals surface area contributed by atoms with E-state index in [1.165, 1.54) is 11.8 Å². The average molecular weight is 652 g/mol. The van der Waals surface area contributed by atoms with Crippen molar-refractivity contribution in [2.24, 2.45) is 0 Å². The van der Waals surface area contributed by atoms with Gasteiger partial charge >= 0.3 is 0 Å². The van der Waals surface area contributed by atoms with E-state index in [9.17, 15) is 9.59 Å². The summed E-state index contributed by atoms with van der Waals surface area (Å²) in [5.41, 5.74) is 3.73. The zero-order chi connectivity index (χ0) is 30.7. The summed E-state index contributed by atoms with van der Waals surface area (Å²) in [6.45, 7) is 7.05. The lowest BCUT2D eigenvalue weighted by molar-refractivity contribution is -0.129. The predicted octanol–water partition coefficient (Wildman–Crippen LogP) is 6.63.